The standard InChI is InChI=1S/C25H20O/c1-25(2)21-10-6-5-9-19(21)20-13-11-17(15-22(20)25)24-18-8-4-3-7-16(18)12-14-23(24)26/h3-15,26H,1-2H3. The van der Waals surface area contributed by atoms with E-state index in [0.29, 0.717) is 5.75 Å². The zero-order valence-electron chi connectivity index (χ0n) is 15.0. The molecule has 26 heavy (non-hydrogen) atoms. The molecule has 0 bridgehead atoms. The summed E-state index contributed by atoms with van der Waals surface area (Å²) in [6.45, 7) is 4.56. The van der Waals surface area contributed by atoms with Crippen molar-refractivity contribution in [1.82, 2.24) is 0 Å². The van der Waals surface area contributed by atoms with Gasteiger partial charge in [-0.25, -0.2) is 0 Å². The van der Waals surface area contributed by atoms with E-state index in [1.54, 1.807) is 6.07 Å². The minimum Gasteiger partial charge on any atom is -0.507 e. The van der Waals surface area contributed by atoms with E-state index < -0.39 is 0 Å². The first-order valence-electron chi connectivity index (χ1n) is 9.03. The van der Waals surface area contributed by atoms with Crippen LogP contribution >= 0.6 is 0 Å². The van der Waals surface area contributed by atoms with Gasteiger partial charge in [0, 0.05) is 11.0 Å². The maximum Gasteiger partial charge on any atom is 0.124 e. The molecule has 0 heterocycles. The highest BCUT2D eigenvalue weighted by atomic mass is 16.3. The molecule has 1 heteroatoms. The fourth-order valence-electron chi connectivity index (χ4n) is 4.42. The maximum atomic E-state index is 10.6. The highest BCUT2D eigenvalue weighted by molar-refractivity contribution is 6.00. The van der Waals surface area contributed by atoms with E-state index in [-0.39, 0.29) is 5.41 Å². The molecular weight excluding hydrogens is 316 g/mol. The van der Waals surface area contributed by atoms with Crippen molar-refractivity contribution in [2.75, 3.05) is 0 Å². The Balaban J connectivity index is 1.79. The highest BCUT2D eigenvalue weighted by Gasteiger charge is 2.35. The minimum absolute atomic E-state index is 0.0395. The third-order valence-electron chi connectivity index (χ3n) is 5.78. The van der Waals surface area contributed by atoms with Gasteiger partial charge >= 0.3 is 0 Å². The van der Waals surface area contributed by atoms with Crippen LogP contribution in [0.2, 0.25) is 0 Å². The van der Waals surface area contributed by atoms with E-state index in [9.17, 15) is 5.11 Å². The number of hydrogen-bond acceptors (Lipinski definition) is 1. The summed E-state index contributed by atoms with van der Waals surface area (Å²) < 4.78 is 0. The Morgan fingerprint density at radius 3 is 2.31 bits per heavy atom. The Labute approximate surface area is 153 Å². The van der Waals surface area contributed by atoms with E-state index in [2.05, 4.69) is 68.4 Å². The van der Waals surface area contributed by atoms with Gasteiger partial charge in [-0.2, -0.15) is 0 Å². The van der Waals surface area contributed by atoms with E-state index in [0.717, 1.165) is 21.9 Å². The van der Waals surface area contributed by atoms with Crippen LogP contribution in [0.25, 0.3) is 33.0 Å². The van der Waals surface area contributed by atoms with Crippen LogP contribution in [0.4, 0.5) is 0 Å². The van der Waals surface area contributed by atoms with Crippen molar-refractivity contribution in [1.29, 1.82) is 0 Å². The lowest BCUT2D eigenvalue weighted by Gasteiger charge is -2.22. The lowest BCUT2D eigenvalue weighted by molar-refractivity contribution is 0.478. The lowest BCUT2D eigenvalue weighted by Crippen LogP contribution is -2.14. The largest absolute Gasteiger partial charge is 0.507 e. The second-order valence-corrected chi connectivity index (χ2v) is 7.61. The van der Waals surface area contributed by atoms with Gasteiger partial charge in [0.05, 0.1) is 0 Å². The monoisotopic (exact) mass is 336 g/mol. The number of phenols is 1. The van der Waals surface area contributed by atoms with Crippen LogP contribution in [0.1, 0.15) is 25.0 Å². The second kappa shape index (κ2) is 5.22. The minimum atomic E-state index is -0.0395. The molecule has 0 aliphatic heterocycles. The number of rotatable bonds is 1. The quantitative estimate of drug-likeness (QED) is 0.419. The molecule has 5 rings (SSSR count). The molecule has 1 aliphatic rings. The SMILES string of the molecule is CC1(C)c2ccccc2-c2ccc(-c3c(O)ccc4ccccc34)cc21. The topological polar surface area (TPSA) is 20.2 Å². The van der Waals surface area contributed by atoms with Crippen LogP contribution in [-0.2, 0) is 5.41 Å². The van der Waals surface area contributed by atoms with E-state index in [4.69, 9.17) is 0 Å². The summed E-state index contributed by atoms with van der Waals surface area (Å²) in [6, 6.07) is 27.3. The van der Waals surface area contributed by atoms with Gasteiger partial charge in [0.2, 0.25) is 0 Å². The average Bonchev–Trinajstić information content (AvgIpc) is 2.89. The van der Waals surface area contributed by atoms with Gasteiger partial charge in [-0.3, -0.25) is 0 Å². The zero-order chi connectivity index (χ0) is 17.9. The molecule has 4 aromatic carbocycles. The van der Waals surface area contributed by atoms with Crippen LogP contribution in [0.5, 0.6) is 5.75 Å². The van der Waals surface area contributed by atoms with E-state index >= 15 is 0 Å². The van der Waals surface area contributed by atoms with Gasteiger partial charge < -0.3 is 5.11 Å². The smallest absolute Gasteiger partial charge is 0.124 e. The molecule has 0 aromatic heterocycles. The third kappa shape index (κ3) is 1.97. The number of phenolic OH excluding ortho intramolecular Hbond substituents is 1. The Kier molecular flexibility index (Phi) is 3.05. The van der Waals surface area contributed by atoms with Crippen molar-refractivity contribution in [2.45, 2.75) is 19.3 Å². The number of hydrogen-bond donors (Lipinski definition) is 1. The number of aromatic hydroxyl groups is 1. The molecule has 126 valence electrons. The van der Waals surface area contributed by atoms with Crippen LogP contribution < -0.4 is 0 Å². The summed E-state index contributed by atoms with van der Waals surface area (Å²) in [7, 11) is 0. The second-order valence-electron chi connectivity index (χ2n) is 7.61. The maximum absolute atomic E-state index is 10.6. The summed E-state index contributed by atoms with van der Waals surface area (Å²) in [5, 5.41) is 12.8. The van der Waals surface area contributed by atoms with Gasteiger partial charge in [0.1, 0.15) is 5.75 Å². The van der Waals surface area contributed by atoms with Gasteiger partial charge in [0.15, 0.2) is 0 Å². The lowest BCUT2D eigenvalue weighted by atomic mass is 9.81. The average molecular weight is 336 g/mol. The first-order chi connectivity index (χ1) is 12.6. The predicted molar refractivity (Wildman–Crippen MR) is 109 cm³/mol. The van der Waals surface area contributed by atoms with E-state index in [1.165, 1.54) is 22.3 Å². The van der Waals surface area contributed by atoms with Gasteiger partial charge in [-0.05, 0) is 50.7 Å². The van der Waals surface area contributed by atoms with Crippen LogP contribution in [0, 0.1) is 0 Å². The summed E-state index contributed by atoms with van der Waals surface area (Å²) in [6.07, 6.45) is 0. The summed E-state index contributed by atoms with van der Waals surface area (Å²) in [5.41, 5.74) is 7.26. The normalized spacial score (nSPS) is 14.2. The molecule has 0 atom stereocenters. The first kappa shape index (κ1) is 15.2. The highest BCUT2D eigenvalue weighted by Crippen LogP contribution is 2.50. The van der Waals surface area contributed by atoms with E-state index in [1.807, 2.05) is 18.2 Å². The fraction of sp³-hybridized carbons (Fsp3) is 0.120. The van der Waals surface area contributed by atoms with Crippen molar-refractivity contribution in [3.05, 3.63) is 90.0 Å². The molecule has 0 spiro atoms. The Morgan fingerprint density at radius 2 is 1.42 bits per heavy atom. The third-order valence-corrected chi connectivity index (χ3v) is 5.78. The van der Waals surface area contributed by atoms with Crippen LogP contribution in [-0.4, -0.2) is 5.11 Å². The van der Waals surface area contributed by atoms with Gasteiger partial charge in [-0.15, -0.1) is 0 Å². The molecule has 1 N–H and O–H groups in total. The molecule has 1 nitrogen and oxygen atoms in total. The molecule has 0 unspecified atom stereocenters. The van der Waals surface area contributed by atoms with Crippen molar-refractivity contribution in [2.24, 2.45) is 0 Å². The molecule has 0 radical (unpaired) electrons. The van der Waals surface area contributed by atoms with Crippen molar-refractivity contribution < 1.29 is 5.11 Å². The molecule has 0 saturated heterocycles. The number of benzene rings is 4. The Hall–Kier alpha value is -3.06. The number of fused-ring (bicyclic) bond motifs is 4. The molecule has 0 saturated carbocycles. The zero-order valence-corrected chi connectivity index (χ0v) is 15.0. The van der Waals surface area contributed by atoms with Crippen LogP contribution in [0.3, 0.4) is 0 Å². The van der Waals surface area contributed by atoms with Gasteiger partial charge in [-0.1, -0.05) is 80.6 Å². The molecule has 0 fully saturated rings. The molecule has 0 amide bonds. The predicted octanol–water partition coefficient (Wildman–Crippen LogP) is 6.52. The summed E-state index contributed by atoms with van der Waals surface area (Å²) in [4.78, 5) is 0. The molecular formula is C25H20O. The Bertz CT molecular complexity index is 1170. The first-order valence-corrected chi connectivity index (χ1v) is 9.03. The summed E-state index contributed by atoms with van der Waals surface area (Å²) in [5.74, 6) is 0.331. The summed E-state index contributed by atoms with van der Waals surface area (Å²) >= 11 is 0. The van der Waals surface area contributed by atoms with Crippen molar-refractivity contribution in [3.63, 3.8) is 0 Å². The van der Waals surface area contributed by atoms with Crippen molar-refractivity contribution >= 4 is 10.8 Å². The van der Waals surface area contributed by atoms with Crippen molar-refractivity contribution in [3.8, 4) is 28.0 Å². The van der Waals surface area contributed by atoms with Gasteiger partial charge in [0.25, 0.3) is 0 Å². The fourth-order valence-corrected chi connectivity index (χ4v) is 4.42. The molecule has 4 aromatic rings. The van der Waals surface area contributed by atoms with Crippen LogP contribution in [0.15, 0.2) is 78.9 Å². The Morgan fingerprint density at radius 1 is 0.692 bits per heavy atom. The molecule has 1 aliphatic carbocycles.